The fourth-order valence-electron chi connectivity index (χ4n) is 5.28. The zero-order valence-corrected chi connectivity index (χ0v) is 27.8. The molecule has 2 unspecified atom stereocenters. The lowest BCUT2D eigenvalue weighted by atomic mass is 9.96. The molecule has 264 valence electrons. The average Bonchev–Trinajstić information content (AvgIpc) is 3.37. The maximum atomic E-state index is 13.8. The van der Waals surface area contributed by atoms with Crippen molar-refractivity contribution in [2.45, 2.75) is 25.9 Å². The highest BCUT2D eigenvalue weighted by Crippen LogP contribution is 2.39. The van der Waals surface area contributed by atoms with Gasteiger partial charge >= 0.3 is 23.9 Å². The first kappa shape index (κ1) is 36.3. The quantitative estimate of drug-likeness (QED) is 0.0781. The van der Waals surface area contributed by atoms with Gasteiger partial charge in [0.1, 0.15) is 30.6 Å². The Morgan fingerprint density at radius 2 is 1.50 bits per heavy atom. The summed E-state index contributed by atoms with van der Waals surface area (Å²) in [6.45, 7) is 8.64. The molecule has 0 fully saturated rings. The van der Waals surface area contributed by atoms with Crippen LogP contribution in [0.3, 0.4) is 0 Å². The van der Waals surface area contributed by atoms with Crippen molar-refractivity contribution < 1.29 is 58.0 Å². The number of esters is 3. The van der Waals surface area contributed by atoms with E-state index in [1.54, 1.807) is 12.1 Å². The Balaban J connectivity index is 1.39. The minimum absolute atomic E-state index is 0.0257. The normalized spacial score (nSPS) is 13.8. The van der Waals surface area contributed by atoms with Crippen LogP contribution in [0.25, 0.3) is 10.9 Å². The molecule has 52 heavy (non-hydrogen) atoms. The number of carbonyl (C=O) groups is 7. The Bertz CT molecular complexity index is 2240. The van der Waals surface area contributed by atoms with Crippen molar-refractivity contribution in [2.75, 3.05) is 18.5 Å². The summed E-state index contributed by atoms with van der Waals surface area (Å²) in [7, 11) is 0. The van der Waals surface area contributed by atoms with Crippen LogP contribution in [0.4, 0.5) is 5.69 Å². The maximum absolute atomic E-state index is 13.8. The van der Waals surface area contributed by atoms with Crippen molar-refractivity contribution in [1.29, 1.82) is 0 Å². The van der Waals surface area contributed by atoms with Gasteiger partial charge in [-0.25, -0.2) is 24.2 Å². The van der Waals surface area contributed by atoms with Crippen LogP contribution >= 0.6 is 0 Å². The Hall–Kier alpha value is -6.96. The Kier molecular flexibility index (Phi) is 10.4. The highest BCUT2D eigenvalue weighted by atomic mass is 16.6. The second kappa shape index (κ2) is 14.9. The van der Waals surface area contributed by atoms with Gasteiger partial charge in [0.2, 0.25) is 0 Å². The molecule has 1 aliphatic rings. The number of ketones is 2. The number of hydrogen-bond donors (Lipinski definition) is 3. The van der Waals surface area contributed by atoms with Crippen molar-refractivity contribution in [3.63, 3.8) is 0 Å². The first-order chi connectivity index (χ1) is 24.7. The van der Waals surface area contributed by atoms with Gasteiger partial charge in [0.05, 0.1) is 22.2 Å². The maximum Gasteiger partial charge on any atom is 0.339 e. The molecule has 0 radical (unpaired) electrons. The fourth-order valence-corrected chi connectivity index (χ4v) is 5.28. The van der Waals surface area contributed by atoms with E-state index in [-0.39, 0.29) is 50.2 Å². The molecule has 1 aromatic heterocycles. The van der Waals surface area contributed by atoms with Crippen LogP contribution in [-0.4, -0.2) is 75.9 Å². The zero-order valence-electron chi connectivity index (χ0n) is 27.8. The number of ether oxygens (including phenoxy) is 3. The van der Waals surface area contributed by atoms with Crippen molar-refractivity contribution in [2.24, 2.45) is 0 Å². The summed E-state index contributed by atoms with van der Waals surface area (Å²) in [5.41, 5.74) is -0.780. The molecule has 14 heteroatoms. The second-order valence-corrected chi connectivity index (χ2v) is 11.8. The Labute approximate surface area is 295 Å². The molecule has 0 spiro atoms. The largest absolute Gasteiger partial charge is 0.506 e. The average molecular weight is 707 g/mol. The molecule has 0 saturated carbocycles. The summed E-state index contributed by atoms with van der Waals surface area (Å²) >= 11 is 0. The fraction of sp³-hybridized carbons (Fsp3) is 0.158. The lowest BCUT2D eigenvalue weighted by molar-refractivity contribution is -0.142. The standard InChI is InChI=1S/C38H30N2O12/c1-18(2)34(44)39-21-13-12-20-14-28(41)31(40-27(20)15-21)30-32(42)25-10-7-11-26(29(25)33(30)43)37(48)51-17-22(16-50-36(47)19(3)4)52-38(49)24-9-6-5-8-23(24)35(45)46/h5-15,22,30,41H,1,3,16-17H2,2,4H3,(H,39,44)(H,45,46). The number of nitrogens with zero attached hydrogens (tertiary/aromatic N) is 1. The highest BCUT2D eigenvalue weighted by molar-refractivity contribution is 6.32. The van der Waals surface area contributed by atoms with Crippen LogP contribution in [0.1, 0.15) is 77.2 Å². The molecule has 1 heterocycles. The lowest BCUT2D eigenvalue weighted by Gasteiger charge is -2.19. The van der Waals surface area contributed by atoms with Crippen LogP contribution < -0.4 is 5.32 Å². The molecule has 0 saturated heterocycles. The minimum Gasteiger partial charge on any atom is -0.506 e. The van der Waals surface area contributed by atoms with Gasteiger partial charge in [-0.2, -0.15) is 0 Å². The predicted octanol–water partition coefficient (Wildman–Crippen LogP) is 4.82. The summed E-state index contributed by atoms with van der Waals surface area (Å²) in [5, 5.41) is 23.4. The second-order valence-electron chi connectivity index (χ2n) is 11.8. The molecule has 4 aromatic rings. The lowest BCUT2D eigenvalue weighted by Crippen LogP contribution is -2.31. The topological polar surface area (TPSA) is 213 Å². The Morgan fingerprint density at radius 1 is 0.827 bits per heavy atom. The van der Waals surface area contributed by atoms with Crippen molar-refractivity contribution in [3.8, 4) is 5.75 Å². The summed E-state index contributed by atoms with van der Waals surface area (Å²) in [6, 6.07) is 15.1. The number of aromatic hydroxyl groups is 1. The minimum atomic E-state index is -1.62. The molecular weight excluding hydrogens is 676 g/mol. The number of carbonyl (C=O) groups excluding carboxylic acids is 6. The van der Waals surface area contributed by atoms with Crippen LogP contribution in [0.15, 0.2) is 91.0 Å². The SMILES string of the molecule is C=C(C)C(=O)Nc1ccc2cc(O)c(C3C(=O)c4cccc(C(=O)OCC(COC(=O)C(=C)C)OC(=O)c5ccccc5C(=O)O)c4C3=O)nc2c1. The smallest absolute Gasteiger partial charge is 0.339 e. The van der Waals surface area contributed by atoms with Crippen molar-refractivity contribution in [1.82, 2.24) is 4.98 Å². The van der Waals surface area contributed by atoms with Gasteiger partial charge in [0.25, 0.3) is 5.91 Å². The van der Waals surface area contributed by atoms with Gasteiger partial charge in [-0.05, 0) is 50.2 Å². The van der Waals surface area contributed by atoms with Crippen LogP contribution in [-0.2, 0) is 23.8 Å². The van der Waals surface area contributed by atoms with Gasteiger partial charge < -0.3 is 29.7 Å². The number of hydrogen-bond acceptors (Lipinski definition) is 12. The Morgan fingerprint density at radius 3 is 2.17 bits per heavy atom. The van der Waals surface area contributed by atoms with E-state index >= 15 is 0 Å². The van der Waals surface area contributed by atoms with E-state index in [9.17, 15) is 43.8 Å². The van der Waals surface area contributed by atoms with Gasteiger partial charge in [0, 0.05) is 33.3 Å². The molecule has 5 rings (SSSR count). The van der Waals surface area contributed by atoms with E-state index < -0.39 is 72.3 Å². The molecule has 3 N–H and O–H groups in total. The molecule has 1 amide bonds. The van der Waals surface area contributed by atoms with Crippen LogP contribution in [0.2, 0.25) is 0 Å². The number of aromatic nitrogens is 1. The monoisotopic (exact) mass is 706 g/mol. The first-order valence-electron chi connectivity index (χ1n) is 15.5. The number of nitrogens with one attached hydrogen (secondary N) is 1. The zero-order chi connectivity index (χ0) is 37.9. The number of fused-ring (bicyclic) bond motifs is 2. The number of benzene rings is 3. The molecular formula is C38H30N2O12. The summed E-state index contributed by atoms with van der Waals surface area (Å²) in [4.78, 5) is 94.1. The van der Waals surface area contributed by atoms with Crippen LogP contribution in [0, 0.1) is 0 Å². The third-order valence-electron chi connectivity index (χ3n) is 7.87. The number of carboxylic acid groups (broad SMARTS) is 1. The molecule has 0 aliphatic heterocycles. The van der Waals surface area contributed by atoms with Crippen LogP contribution in [0.5, 0.6) is 5.75 Å². The number of rotatable bonds is 12. The molecule has 14 nitrogen and oxygen atoms in total. The molecule has 1 aliphatic carbocycles. The molecule has 3 aromatic carbocycles. The number of amides is 1. The predicted molar refractivity (Wildman–Crippen MR) is 183 cm³/mol. The van der Waals surface area contributed by atoms with Crippen molar-refractivity contribution in [3.05, 3.63) is 125 Å². The molecule has 2 atom stereocenters. The number of Topliss-reactive ketones (excluding diaryl/α,β-unsaturated/α-hetero) is 2. The van der Waals surface area contributed by atoms with E-state index in [4.69, 9.17) is 14.2 Å². The molecule has 0 bridgehead atoms. The van der Waals surface area contributed by atoms with Gasteiger partial charge in [-0.3, -0.25) is 14.4 Å². The highest BCUT2D eigenvalue weighted by Gasteiger charge is 2.44. The van der Waals surface area contributed by atoms with E-state index in [0.29, 0.717) is 11.1 Å². The van der Waals surface area contributed by atoms with E-state index in [0.717, 1.165) is 0 Å². The number of anilines is 1. The van der Waals surface area contributed by atoms with Gasteiger partial charge in [0.15, 0.2) is 17.7 Å². The number of aromatic carboxylic acids is 1. The summed E-state index contributed by atoms with van der Waals surface area (Å²) in [6.07, 6.45) is -1.44. The number of pyridine rings is 1. The van der Waals surface area contributed by atoms with Crippen molar-refractivity contribution >= 4 is 57.9 Å². The summed E-state index contributed by atoms with van der Waals surface area (Å²) in [5.74, 6) is -8.54. The van der Waals surface area contributed by atoms with E-state index in [1.807, 2.05) is 0 Å². The van der Waals surface area contributed by atoms with E-state index in [1.165, 1.54) is 68.4 Å². The number of carboxylic acids is 1. The third kappa shape index (κ3) is 7.45. The van der Waals surface area contributed by atoms with E-state index in [2.05, 4.69) is 23.5 Å². The van der Waals surface area contributed by atoms with Gasteiger partial charge in [-0.1, -0.05) is 43.5 Å². The summed E-state index contributed by atoms with van der Waals surface area (Å²) < 4.78 is 15.8. The third-order valence-corrected chi connectivity index (χ3v) is 7.87. The van der Waals surface area contributed by atoms with Gasteiger partial charge in [-0.15, -0.1) is 0 Å². The first-order valence-corrected chi connectivity index (χ1v) is 15.5.